The van der Waals surface area contributed by atoms with E-state index in [1.54, 1.807) is 0 Å². The Labute approximate surface area is 114 Å². The van der Waals surface area contributed by atoms with Crippen LogP contribution in [0.25, 0.3) is 0 Å². The molecule has 0 aromatic heterocycles. The van der Waals surface area contributed by atoms with E-state index in [2.05, 4.69) is 10.6 Å². The summed E-state index contributed by atoms with van der Waals surface area (Å²) < 4.78 is 37.4. The highest BCUT2D eigenvalue weighted by Gasteiger charge is 2.30. The number of nitrogens with one attached hydrogen (secondary N) is 2. The summed E-state index contributed by atoms with van der Waals surface area (Å²) in [5.41, 5.74) is -0.961. The van der Waals surface area contributed by atoms with Crippen molar-refractivity contribution in [3.05, 3.63) is 29.8 Å². The van der Waals surface area contributed by atoms with Gasteiger partial charge < -0.3 is 10.6 Å². The van der Waals surface area contributed by atoms with Crippen molar-refractivity contribution in [2.45, 2.75) is 25.9 Å². The van der Waals surface area contributed by atoms with E-state index < -0.39 is 23.6 Å². The van der Waals surface area contributed by atoms with Gasteiger partial charge in [-0.1, -0.05) is 19.4 Å². The minimum absolute atomic E-state index is 0.0736. The summed E-state index contributed by atoms with van der Waals surface area (Å²) in [6, 6.07) is 4.11. The van der Waals surface area contributed by atoms with Gasteiger partial charge in [0.25, 0.3) is 0 Å². The normalized spacial score (nSPS) is 11.0. The summed E-state index contributed by atoms with van der Waals surface area (Å²) in [5.74, 6) is -1.85. The van der Waals surface area contributed by atoms with E-state index in [-0.39, 0.29) is 5.69 Å². The molecule has 1 aromatic rings. The molecule has 2 amide bonds. The van der Waals surface area contributed by atoms with Crippen LogP contribution in [0.4, 0.5) is 18.9 Å². The Morgan fingerprint density at radius 2 is 1.90 bits per heavy atom. The second-order valence-electron chi connectivity index (χ2n) is 4.14. The van der Waals surface area contributed by atoms with Gasteiger partial charge >= 0.3 is 18.0 Å². The second kappa shape index (κ2) is 6.93. The fraction of sp³-hybridized carbons (Fsp3) is 0.385. The molecule has 0 saturated carbocycles. The molecule has 0 heterocycles. The van der Waals surface area contributed by atoms with Crippen LogP contribution in [-0.4, -0.2) is 18.4 Å². The maximum Gasteiger partial charge on any atom is 0.416 e. The molecule has 0 bridgehead atoms. The average Bonchev–Trinajstić information content (AvgIpc) is 2.38. The fourth-order valence-electron chi connectivity index (χ4n) is 1.42. The van der Waals surface area contributed by atoms with Crippen molar-refractivity contribution in [3.63, 3.8) is 0 Å². The zero-order chi connectivity index (χ0) is 15.2. The molecule has 20 heavy (non-hydrogen) atoms. The van der Waals surface area contributed by atoms with Crippen molar-refractivity contribution in [1.29, 1.82) is 0 Å². The van der Waals surface area contributed by atoms with Gasteiger partial charge in [-0.25, -0.2) is 0 Å². The molecule has 0 aliphatic rings. The maximum atomic E-state index is 12.5. The minimum atomic E-state index is -4.50. The Hall–Kier alpha value is -2.05. The van der Waals surface area contributed by atoms with Gasteiger partial charge in [-0.15, -0.1) is 0 Å². The Morgan fingerprint density at radius 1 is 1.20 bits per heavy atom. The third-order valence-corrected chi connectivity index (χ3v) is 2.47. The van der Waals surface area contributed by atoms with Crippen LogP contribution in [-0.2, 0) is 15.8 Å². The molecular formula is C13H15F3N2O2. The molecule has 0 fully saturated rings. The zero-order valence-corrected chi connectivity index (χ0v) is 10.9. The number of anilines is 1. The summed E-state index contributed by atoms with van der Waals surface area (Å²) in [4.78, 5) is 22.8. The summed E-state index contributed by atoms with van der Waals surface area (Å²) in [6.07, 6.45) is -2.91. The topological polar surface area (TPSA) is 58.2 Å². The van der Waals surface area contributed by atoms with E-state index in [0.29, 0.717) is 6.54 Å². The highest BCUT2D eigenvalue weighted by Crippen LogP contribution is 2.30. The fourth-order valence-corrected chi connectivity index (χ4v) is 1.42. The molecule has 0 saturated heterocycles. The number of rotatable bonds is 4. The standard InChI is InChI=1S/C13H15F3N2O2/c1-2-3-7-17-11(19)12(20)18-10-6-4-5-9(8-10)13(14,15)16/h4-6,8H,2-3,7H2,1H3,(H,17,19)(H,18,20). The van der Waals surface area contributed by atoms with Gasteiger partial charge in [0, 0.05) is 12.2 Å². The van der Waals surface area contributed by atoms with Crippen molar-refractivity contribution in [2.24, 2.45) is 0 Å². The van der Waals surface area contributed by atoms with Crippen LogP contribution in [0.2, 0.25) is 0 Å². The van der Waals surface area contributed by atoms with E-state index in [4.69, 9.17) is 0 Å². The van der Waals surface area contributed by atoms with Crippen LogP contribution < -0.4 is 10.6 Å². The summed E-state index contributed by atoms with van der Waals surface area (Å²) in [6.45, 7) is 2.28. The van der Waals surface area contributed by atoms with Gasteiger partial charge in [0.1, 0.15) is 0 Å². The number of amides is 2. The molecule has 0 radical (unpaired) electrons. The zero-order valence-electron chi connectivity index (χ0n) is 10.9. The van der Waals surface area contributed by atoms with Crippen LogP contribution in [0.3, 0.4) is 0 Å². The maximum absolute atomic E-state index is 12.5. The number of halogens is 3. The highest BCUT2D eigenvalue weighted by molar-refractivity contribution is 6.39. The van der Waals surface area contributed by atoms with E-state index in [9.17, 15) is 22.8 Å². The first-order chi connectivity index (χ1) is 9.34. The summed E-state index contributed by atoms with van der Waals surface area (Å²) in [5, 5.41) is 4.51. The third kappa shape index (κ3) is 4.91. The predicted octanol–water partition coefficient (Wildman–Crippen LogP) is 2.56. The molecule has 0 atom stereocenters. The number of unbranched alkanes of at least 4 members (excludes halogenated alkanes) is 1. The number of hydrogen-bond acceptors (Lipinski definition) is 2. The van der Waals surface area contributed by atoms with Gasteiger partial charge in [0.15, 0.2) is 0 Å². The van der Waals surface area contributed by atoms with Crippen molar-refractivity contribution >= 4 is 17.5 Å². The van der Waals surface area contributed by atoms with Crippen molar-refractivity contribution in [1.82, 2.24) is 5.32 Å². The second-order valence-corrected chi connectivity index (χ2v) is 4.14. The van der Waals surface area contributed by atoms with Crippen LogP contribution >= 0.6 is 0 Å². The van der Waals surface area contributed by atoms with Crippen LogP contribution in [0, 0.1) is 0 Å². The molecule has 4 nitrogen and oxygen atoms in total. The van der Waals surface area contributed by atoms with Crippen LogP contribution in [0.5, 0.6) is 0 Å². The number of carbonyl (C=O) groups excluding carboxylic acids is 2. The smallest absolute Gasteiger partial charge is 0.348 e. The van der Waals surface area contributed by atoms with Gasteiger partial charge in [0.2, 0.25) is 0 Å². The molecule has 110 valence electrons. The van der Waals surface area contributed by atoms with Crippen molar-refractivity contribution in [3.8, 4) is 0 Å². The van der Waals surface area contributed by atoms with Gasteiger partial charge in [0.05, 0.1) is 5.56 Å². The molecule has 0 aliphatic carbocycles. The Bertz CT molecular complexity index is 487. The Kier molecular flexibility index (Phi) is 5.54. The summed E-state index contributed by atoms with van der Waals surface area (Å²) >= 11 is 0. The number of alkyl halides is 3. The molecule has 0 spiro atoms. The Balaban J connectivity index is 2.64. The van der Waals surface area contributed by atoms with Gasteiger partial charge in [-0.2, -0.15) is 13.2 Å². The predicted molar refractivity (Wildman–Crippen MR) is 68.0 cm³/mol. The third-order valence-electron chi connectivity index (χ3n) is 2.47. The molecule has 0 unspecified atom stereocenters. The van der Waals surface area contributed by atoms with Crippen molar-refractivity contribution in [2.75, 3.05) is 11.9 Å². The van der Waals surface area contributed by atoms with Gasteiger partial charge in [-0.05, 0) is 24.6 Å². The first kappa shape index (κ1) is 16.0. The van der Waals surface area contributed by atoms with Crippen LogP contribution in [0.1, 0.15) is 25.3 Å². The van der Waals surface area contributed by atoms with E-state index in [1.165, 1.54) is 6.07 Å². The lowest BCUT2D eigenvalue weighted by molar-refractivity contribution is -0.137. The lowest BCUT2D eigenvalue weighted by Gasteiger charge is -2.09. The number of benzene rings is 1. The molecule has 7 heteroatoms. The summed E-state index contributed by atoms with van der Waals surface area (Å²) in [7, 11) is 0. The molecular weight excluding hydrogens is 273 g/mol. The monoisotopic (exact) mass is 288 g/mol. The first-order valence-corrected chi connectivity index (χ1v) is 6.11. The SMILES string of the molecule is CCCCNC(=O)C(=O)Nc1cccc(C(F)(F)F)c1. The van der Waals surface area contributed by atoms with E-state index in [1.807, 2.05) is 6.92 Å². The lowest BCUT2D eigenvalue weighted by Crippen LogP contribution is -2.35. The van der Waals surface area contributed by atoms with E-state index in [0.717, 1.165) is 31.0 Å². The highest BCUT2D eigenvalue weighted by atomic mass is 19.4. The number of hydrogen-bond donors (Lipinski definition) is 2. The first-order valence-electron chi connectivity index (χ1n) is 6.11. The largest absolute Gasteiger partial charge is 0.416 e. The van der Waals surface area contributed by atoms with Gasteiger partial charge in [-0.3, -0.25) is 9.59 Å². The lowest BCUT2D eigenvalue weighted by atomic mass is 10.2. The van der Waals surface area contributed by atoms with E-state index >= 15 is 0 Å². The van der Waals surface area contributed by atoms with Crippen LogP contribution in [0.15, 0.2) is 24.3 Å². The Morgan fingerprint density at radius 3 is 2.50 bits per heavy atom. The minimum Gasteiger partial charge on any atom is -0.348 e. The number of carbonyl (C=O) groups is 2. The molecule has 0 aliphatic heterocycles. The average molecular weight is 288 g/mol. The molecule has 1 rings (SSSR count). The quantitative estimate of drug-likeness (QED) is 0.661. The molecule has 1 aromatic carbocycles. The van der Waals surface area contributed by atoms with Crippen molar-refractivity contribution < 1.29 is 22.8 Å². The molecule has 2 N–H and O–H groups in total.